The molecule has 0 aliphatic carbocycles. The van der Waals surface area contributed by atoms with Crippen molar-refractivity contribution in [3.63, 3.8) is 0 Å². The van der Waals surface area contributed by atoms with Crippen molar-refractivity contribution in [2.75, 3.05) is 26.2 Å². The van der Waals surface area contributed by atoms with E-state index in [2.05, 4.69) is 10.00 Å². The molecule has 2 fully saturated rings. The van der Waals surface area contributed by atoms with Crippen LogP contribution in [0.1, 0.15) is 36.9 Å². The molecule has 1 aromatic heterocycles. The SMILES string of the molecule is Cc1c(CN2CCC[C@@](F)(C(=O)N3CCCC3)C2)cnn1C. The van der Waals surface area contributed by atoms with E-state index in [-0.39, 0.29) is 12.5 Å². The first-order chi connectivity index (χ1) is 10.5. The molecule has 2 saturated heterocycles. The predicted octanol–water partition coefficient (Wildman–Crippen LogP) is 1.66. The van der Waals surface area contributed by atoms with E-state index in [0.717, 1.165) is 37.1 Å². The minimum absolute atomic E-state index is 0.205. The van der Waals surface area contributed by atoms with Crippen LogP contribution in [-0.2, 0) is 18.4 Å². The summed E-state index contributed by atoms with van der Waals surface area (Å²) in [6.07, 6.45) is 4.92. The Kier molecular flexibility index (Phi) is 4.21. The van der Waals surface area contributed by atoms with E-state index >= 15 is 4.39 Å². The van der Waals surface area contributed by atoms with Crippen LogP contribution in [-0.4, -0.2) is 57.3 Å². The zero-order valence-electron chi connectivity index (χ0n) is 13.5. The standard InChI is InChI=1S/C16H25FN4O/c1-13-14(10-18-19(13)2)11-20-7-5-6-16(17,12-20)15(22)21-8-3-4-9-21/h10H,3-9,11-12H2,1-2H3/t16-/m0/s1. The van der Waals surface area contributed by atoms with Gasteiger partial charge in [-0.05, 0) is 39.2 Å². The lowest BCUT2D eigenvalue weighted by molar-refractivity contribution is -0.147. The molecule has 0 aromatic carbocycles. The Bertz CT molecular complexity index is 552. The number of carbonyl (C=O) groups excluding carboxylic acids is 1. The number of alkyl halides is 1. The summed E-state index contributed by atoms with van der Waals surface area (Å²) in [6, 6.07) is 0. The monoisotopic (exact) mass is 308 g/mol. The van der Waals surface area contributed by atoms with E-state index in [1.807, 2.05) is 24.9 Å². The molecule has 3 rings (SSSR count). The molecule has 0 N–H and O–H groups in total. The second-order valence-corrected chi connectivity index (χ2v) is 6.66. The van der Waals surface area contributed by atoms with Crippen LogP contribution >= 0.6 is 0 Å². The fraction of sp³-hybridized carbons (Fsp3) is 0.750. The number of likely N-dealkylation sites (tertiary alicyclic amines) is 2. The molecule has 2 aliphatic heterocycles. The number of rotatable bonds is 3. The molecular weight excluding hydrogens is 283 g/mol. The average molecular weight is 308 g/mol. The van der Waals surface area contributed by atoms with Crippen LogP contribution in [0.4, 0.5) is 4.39 Å². The normalized spacial score (nSPS) is 26.6. The van der Waals surface area contributed by atoms with Crippen molar-refractivity contribution in [3.05, 3.63) is 17.5 Å². The molecule has 6 heteroatoms. The molecule has 0 spiro atoms. The molecule has 0 saturated carbocycles. The molecule has 1 aromatic rings. The van der Waals surface area contributed by atoms with Crippen molar-refractivity contribution >= 4 is 5.91 Å². The number of carbonyl (C=O) groups is 1. The van der Waals surface area contributed by atoms with E-state index in [9.17, 15) is 4.79 Å². The highest BCUT2D eigenvalue weighted by Gasteiger charge is 2.45. The van der Waals surface area contributed by atoms with Crippen LogP contribution in [0.5, 0.6) is 0 Å². The summed E-state index contributed by atoms with van der Waals surface area (Å²) in [5, 5.41) is 4.24. The van der Waals surface area contributed by atoms with Crippen molar-refractivity contribution in [2.45, 2.75) is 44.8 Å². The van der Waals surface area contributed by atoms with Crippen LogP contribution in [0.2, 0.25) is 0 Å². The number of halogens is 1. The maximum atomic E-state index is 15.2. The fourth-order valence-corrected chi connectivity index (χ4v) is 3.55. The van der Waals surface area contributed by atoms with Crippen LogP contribution in [0, 0.1) is 6.92 Å². The molecule has 1 atom stereocenters. The van der Waals surface area contributed by atoms with Gasteiger partial charge in [0, 0.05) is 44.5 Å². The number of hydrogen-bond acceptors (Lipinski definition) is 3. The van der Waals surface area contributed by atoms with Gasteiger partial charge in [-0.1, -0.05) is 0 Å². The van der Waals surface area contributed by atoms with E-state index in [0.29, 0.717) is 26.1 Å². The maximum absolute atomic E-state index is 15.2. The Morgan fingerprint density at radius 2 is 2.05 bits per heavy atom. The van der Waals surface area contributed by atoms with Gasteiger partial charge < -0.3 is 4.90 Å². The summed E-state index contributed by atoms with van der Waals surface area (Å²) in [7, 11) is 1.91. The summed E-state index contributed by atoms with van der Waals surface area (Å²) in [5.41, 5.74) is 0.500. The molecule has 22 heavy (non-hydrogen) atoms. The Labute approximate surface area is 131 Å². The minimum atomic E-state index is -1.71. The molecule has 0 unspecified atom stereocenters. The highest BCUT2D eigenvalue weighted by Crippen LogP contribution is 2.30. The maximum Gasteiger partial charge on any atom is 0.261 e. The number of amides is 1. The third-order valence-corrected chi connectivity index (χ3v) is 5.03. The highest BCUT2D eigenvalue weighted by atomic mass is 19.1. The largest absolute Gasteiger partial charge is 0.340 e. The molecule has 3 heterocycles. The predicted molar refractivity (Wildman–Crippen MR) is 82.1 cm³/mol. The molecule has 2 aliphatic rings. The van der Waals surface area contributed by atoms with Crippen LogP contribution in [0.25, 0.3) is 0 Å². The van der Waals surface area contributed by atoms with Gasteiger partial charge in [0.2, 0.25) is 5.67 Å². The Balaban J connectivity index is 1.67. The molecule has 122 valence electrons. The van der Waals surface area contributed by atoms with E-state index < -0.39 is 5.67 Å². The summed E-state index contributed by atoms with van der Waals surface area (Å²) in [6.45, 7) is 5.16. The number of hydrogen-bond donors (Lipinski definition) is 0. The summed E-state index contributed by atoms with van der Waals surface area (Å²) in [4.78, 5) is 16.3. The first kappa shape index (κ1) is 15.5. The van der Waals surface area contributed by atoms with Gasteiger partial charge in [0.05, 0.1) is 6.20 Å². The molecular formula is C16H25FN4O. The van der Waals surface area contributed by atoms with Gasteiger partial charge in [0.1, 0.15) is 0 Å². The smallest absolute Gasteiger partial charge is 0.261 e. The second-order valence-electron chi connectivity index (χ2n) is 6.66. The Morgan fingerprint density at radius 1 is 1.32 bits per heavy atom. The second kappa shape index (κ2) is 5.99. The highest BCUT2D eigenvalue weighted by molar-refractivity contribution is 5.85. The Hall–Kier alpha value is -1.43. The van der Waals surface area contributed by atoms with Crippen LogP contribution < -0.4 is 0 Å². The van der Waals surface area contributed by atoms with Gasteiger partial charge in [0.25, 0.3) is 5.91 Å². The zero-order chi connectivity index (χ0) is 15.7. The summed E-state index contributed by atoms with van der Waals surface area (Å²) >= 11 is 0. The van der Waals surface area contributed by atoms with Crippen molar-refractivity contribution < 1.29 is 9.18 Å². The Morgan fingerprint density at radius 3 is 2.68 bits per heavy atom. The van der Waals surface area contributed by atoms with E-state index in [4.69, 9.17) is 0 Å². The van der Waals surface area contributed by atoms with E-state index in [1.165, 1.54) is 0 Å². The van der Waals surface area contributed by atoms with Gasteiger partial charge in [-0.3, -0.25) is 14.4 Å². The molecule has 0 radical (unpaired) electrons. The van der Waals surface area contributed by atoms with Crippen LogP contribution in [0.3, 0.4) is 0 Å². The van der Waals surface area contributed by atoms with Gasteiger partial charge in [-0.15, -0.1) is 0 Å². The molecule has 0 bridgehead atoms. The zero-order valence-corrected chi connectivity index (χ0v) is 13.5. The van der Waals surface area contributed by atoms with E-state index in [1.54, 1.807) is 4.90 Å². The lowest BCUT2D eigenvalue weighted by Crippen LogP contribution is -2.54. The first-order valence-electron chi connectivity index (χ1n) is 8.18. The summed E-state index contributed by atoms with van der Waals surface area (Å²) < 4.78 is 17.1. The molecule has 1 amide bonds. The van der Waals surface area contributed by atoms with Crippen molar-refractivity contribution in [3.8, 4) is 0 Å². The number of nitrogens with zero attached hydrogens (tertiary/aromatic N) is 4. The van der Waals surface area contributed by atoms with Gasteiger partial charge in [0.15, 0.2) is 0 Å². The minimum Gasteiger partial charge on any atom is -0.340 e. The van der Waals surface area contributed by atoms with Gasteiger partial charge in [-0.25, -0.2) is 4.39 Å². The van der Waals surface area contributed by atoms with Gasteiger partial charge >= 0.3 is 0 Å². The van der Waals surface area contributed by atoms with Gasteiger partial charge in [-0.2, -0.15) is 5.10 Å². The number of piperidine rings is 1. The summed E-state index contributed by atoms with van der Waals surface area (Å²) in [5.74, 6) is -0.294. The van der Waals surface area contributed by atoms with Crippen LogP contribution in [0.15, 0.2) is 6.20 Å². The molecule has 5 nitrogen and oxygen atoms in total. The third kappa shape index (κ3) is 2.89. The average Bonchev–Trinajstić information content (AvgIpc) is 3.12. The lowest BCUT2D eigenvalue weighted by Gasteiger charge is -2.38. The third-order valence-electron chi connectivity index (χ3n) is 5.03. The fourth-order valence-electron chi connectivity index (χ4n) is 3.55. The number of aromatic nitrogens is 2. The lowest BCUT2D eigenvalue weighted by atomic mass is 9.92. The topological polar surface area (TPSA) is 41.4 Å². The van der Waals surface area contributed by atoms with Crippen molar-refractivity contribution in [2.24, 2.45) is 7.05 Å². The van der Waals surface area contributed by atoms with Crippen molar-refractivity contribution in [1.82, 2.24) is 19.6 Å². The quantitative estimate of drug-likeness (QED) is 0.853. The van der Waals surface area contributed by atoms with Crippen molar-refractivity contribution in [1.29, 1.82) is 0 Å². The number of aryl methyl sites for hydroxylation is 1. The first-order valence-corrected chi connectivity index (χ1v) is 8.18.